The third-order valence-corrected chi connectivity index (χ3v) is 7.88. The number of anilines is 1. The number of aryl methyl sites for hydroxylation is 1. The lowest BCUT2D eigenvalue weighted by Crippen LogP contribution is -2.27. The van der Waals surface area contributed by atoms with E-state index in [1.54, 1.807) is 6.20 Å². The number of benzene rings is 1. The number of rotatable bonds is 7. The molecule has 2 unspecified atom stereocenters. The Balaban J connectivity index is 1.10. The molecule has 186 valence electrons. The number of allylic oxidation sites excluding steroid dienone is 1. The molecule has 0 amide bonds. The van der Waals surface area contributed by atoms with Crippen LogP contribution in [0, 0.1) is 18.8 Å². The Morgan fingerprint density at radius 3 is 2.61 bits per heavy atom. The van der Waals surface area contributed by atoms with Crippen LogP contribution in [0.2, 0.25) is 0 Å². The second-order valence-corrected chi connectivity index (χ2v) is 10.7. The Bertz CT molecular complexity index is 1240. The Morgan fingerprint density at radius 1 is 1.00 bits per heavy atom. The first-order valence-corrected chi connectivity index (χ1v) is 13.2. The average Bonchev–Trinajstić information content (AvgIpc) is 3.69. The van der Waals surface area contributed by atoms with Crippen LogP contribution in [0.15, 0.2) is 66.2 Å². The molecule has 7 nitrogen and oxygen atoms in total. The van der Waals surface area contributed by atoms with Crippen LogP contribution < -0.4 is 4.90 Å². The molecule has 7 heteroatoms. The molecule has 0 radical (unpaired) electrons. The van der Waals surface area contributed by atoms with E-state index in [1.807, 2.05) is 17.1 Å². The predicted octanol–water partition coefficient (Wildman–Crippen LogP) is 4.59. The van der Waals surface area contributed by atoms with Gasteiger partial charge in [0.2, 0.25) is 0 Å². The molecule has 3 aromatic rings. The molecule has 5 heterocycles. The van der Waals surface area contributed by atoms with E-state index in [1.165, 1.54) is 60.7 Å². The van der Waals surface area contributed by atoms with Crippen LogP contribution in [0.3, 0.4) is 0 Å². The molecule has 6 rings (SSSR count). The number of pyridine rings is 1. The van der Waals surface area contributed by atoms with Crippen molar-refractivity contribution in [2.75, 3.05) is 37.6 Å². The van der Waals surface area contributed by atoms with Crippen molar-refractivity contribution in [3.05, 3.63) is 72.5 Å². The SMILES string of the molecule is C=C1CC(Cn2ccnn2)CN1c1ccc(-c2ccc(C3=NCC(CN4CCCC4)C3)nc2)cc1C. The van der Waals surface area contributed by atoms with Crippen molar-refractivity contribution in [1.82, 2.24) is 24.9 Å². The van der Waals surface area contributed by atoms with Gasteiger partial charge in [-0.1, -0.05) is 23.9 Å². The summed E-state index contributed by atoms with van der Waals surface area (Å²) in [6.45, 7) is 13.0. The molecule has 1 aromatic carbocycles. The van der Waals surface area contributed by atoms with Crippen molar-refractivity contribution in [2.45, 2.75) is 39.2 Å². The summed E-state index contributed by atoms with van der Waals surface area (Å²) >= 11 is 0. The molecule has 36 heavy (non-hydrogen) atoms. The molecular weight excluding hydrogens is 446 g/mol. The minimum atomic E-state index is 0.489. The van der Waals surface area contributed by atoms with Gasteiger partial charge in [0.1, 0.15) is 0 Å². The zero-order valence-corrected chi connectivity index (χ0v) is 21.2. The molecule has 2 atom stereocenters. The van der Waals surface area contributed by atoms with Crippen LogP contribution in [0.5, 0.6) is 0 Å². The number of aliphatic imine (C=N–C) groups is 1. The number of nitrogens with zero attached hydrogens (tertiary/aromatic N) is 7. The summed E-state index contributed by atoms with van der Waals surface area (Å²) in [5.41, 5.74) is 8.20. The second-order valence-electron chi connectivity index (χ2n) is 10.7. The maximum Gasteiger partial charge on any atom is 0.0840 e. The van der Waals surface area contributed by atoms with Crippen LogP contribution >= 0.6 is 0 Å². The van der Waals surface area contributed by atoms with Gasteiger partial charge in [0.25, 0.3) is 0 Å². The Morgan fingerprint density at radius 2 is 1.86 bits per heavy atom. The Labute approximate surface area is 213 Å². The highest BCUT2D eigenvalue weighted by Gasteiger charge is 2.28. The highest BCUT2D eigenvalue weighted by molar-refractivity contribution is 6.00. The van der Waals surface area contributed by atoms with E-state index in [4.69, 9.17) is 9.98 Å². The topological polar surface area (TPSA) is 62.4 Å². The summed E-state index contributed by atoms with van der Waals surface area (Å²) < 4.78 is 1.92. The van der Waals surface area contributed by atoms with E-state index in [2.05, 4.69) is 63.9 Å². The highest BCUT2D eigenvalue weighted by Crippen LogP contribution is 2.35. The molecule has 2 saturated heterocycles. The summed E-state index contributed by atoms with van der Waals surface area (Å²) in [5.74, 6) is 1.13. The molecule has 0 N–H and O–H groups in total. The Kier molecular flexibility index (Phi) is 6.40. The van der Waals surface area contributed by atoms with E-state index in [0.29, 0.717) is 11.8 Å². The first-order chi connectivity index (χ1) is 17.6. The number of hydrogen-bond acceptors (Lipinski definition) is 6. The van der Waals surface area contributed by atoms with Crippen molar-refractivity contribution in [3.8, 4) is 11.1 Å². The number of hydrogen-bond donors (Lipinski definition) is 0. The van der Waals surface area contributed by atoms with Gasteiger partial charge in [-0.05, 0) is 80.9 Å². The molecule has 0 spiro atoms. The first-order valence-electron chi connectivity index (χ1n) is 13.2. The minimum absolute atomic E-state index is 0.489. The summed E-state index contributed by atoms with van der Waals surface area (Å²) in [4.78, 5) is 14.6. The van der Waals surface area contributed by atoms with Crippen molar-refractivity contribution in [3.63, 3.8) is 0 Å². The van der Waals surface area contributed by atoms with E-state index in [0.717, 1.165) is 43.7 Å². The minimum Gasteiger partial charge on any atom is -0.345 e. The lowest BCUT2D eigenvalue weighted by atomic mass is 10.0. The average molecular weight is 482 g/mol. The van der Waals surface area contributed by atoms with Crippen LogP contribution in [-0.2, 0) is 6.54 Å². The molecule has 0 saturated carbocycles. The van der Waals surface area contributed by atoms with Gasteiger partial charge in [-0.3, -0.25) is 14.7 Å². The van der Waals surface area contributed by atoms with Gasteiger partial charge in [-0.15, -0.1) is 5.10 Å². The molecule has 0 aliphatic carbocycles. The van der Waals surface area contributed by atoms with Gasteiger partial charge in [0.05, 0.1) is 17.6 Å². The van der Waals surface area contributed by atoms with Crippen molar-refractivity contribution < 1.29 is 0 Å². The molecule has 3 aliphatic heterocycles. The summed E-state index contributed by atoms with van der Waals surface area (Å²) in [5, 5.41) is 8.05. The van der Waals surface area contributed by atoms with Gasteiger partial charge in [0, 0.05) is 61.4 Å². The molecule has 2 aromatic heterocycles. The van der Waals surface area contributed by atoms with Gasteiger partial charge in [-0.2, -0.15) is 0 Å². The lowest BCUT2D eigenvalue weighted by molar-refractivity contribution is 0.290. The van der Waals surface area contributed by atoms with Gasteiger partial charge < -0.3 is 9.80 Å². The van der Waals surface area contributed by atoms with E-state index in [9.17, 15) is 0 Å². The molecule has 0 bridgehead atoms. The summed E-state index contributed by atoms with van der Waals surface area (Å²) in [6, 6.07) is 11.0. The molecular formula is C29H35N7. The van der Waals surface area contributed by atoms with Gasteiger partial charge in [0.15, 0.2) is 0 Å². The normalized spacial score (nSPS) is 22.5. The fourth-order valence-electron chi connectivity index (χ4n) is 6.03. The highest BCUT2D eigenvalue weighted by atomic mass is 15.4. The monoisotopic (exact) mass is 481 g/mol. The van der Waals surface area contributed by atoms with Gasteiger partial charge >= 0.3 is 0 Å². The van der Waals surface area contributed by atoms with Crippen LogP contribution in [0.1, 0.15) is 36.9 Å². The van der Waals surface area contributed by atoms with Gasteiger partial charge in [-0.25, -0.2) is 0 Å². The van der Waals surface area contributed by atoms with E-state index < -0.39 is 0 Å². The standard InChI is InChI=1S/C29H35N7/c1-21-13-25(6-8-29(21)36-20-24(14-22(36)2)19-35-12-9-32-33-35)26-5-7-27(31-17-26)28-15-23(16-30-28)18-34-10-3-4-11-34/h5-9,12-13,17,23-24H,2-4,10-11,14-16,18-20H2,1H3. The zero-order valence-electron chi connectivity index (χ0n) is 21.2. The first kappa shape index (κ1) is 23.1. The smallest absolute Gasteiger partial charge is 0.0840 e. The van der Waals surface area contributed by atoms with Crippen LogP contribution in [-0.4, -0.2) is 63.3 Å². The molecule has 2 fully saturated rings. The third kappa shape index (κ3) is 4.85. The van der Waals surface area contributed by atoms with Crippen molar-refractivity contribution in [1.29, 1.82) is 0 Å². The third-order valence-electron chi connectivity index (χ3n) is 7.88. The predicted molar refractivity (Wildman–Crippen MR) is 144 cm³/mol. The fourth-order valence-corrected chi connectivity index (χ4v) is 6.03. The van der Waals surface area contributed by atoms with Crippen molar-refractivity contribution >= 4 is 11.4 Å². The summed E-state index contributed by atoms with van der Waals surface area (Å²) in [6.07, 6.45) is 10.4. The lowest BCUT2D eigenvalue weighted by Gasteiger charge is -2.23. The molecule has 3 aliphatic rings. The van der Waals surface area contributed by atoms with Crippen LogP contribution in [0.4, 0.5) is 5.69 Å². The zero-order chi connectivity index (χ0) is 24.5. The number of likely N-dealkylation sites (tertiary alicyclic amines) is 1. The van der Waals surface area contributed by atoms with Crippen LogP contribution in [0.25, 0.3) is 11.1 Å². The fraction of sp³-hybridized carbons (Fsp3) is 0.448. The maximum atomic E-state index is 4.84. The number of aromatic nitrogens is 4. The van der Waals surface area contributed by atoms with Crippen molar-refractivity contribution in [2.24, 2.45) is 16.8 Å². The second kappa shape index (κ2) is 9.97. The Hall–Kier alpha value is -3.32. The largest absolute Gasteiger partial charge is 0.345 e. The van der Waals surface area contributed by atoms with E-state index in [-0.39, 0.29) is 0 Å². The van der Waals surface area contributed by atoms with E-state index >= 15 is 0 Å². The summed E-state index contributed by atoms with van der Waals surface area (Å²) in [7, 11) is 0. The quantitative estimate of drug-likeness (QED) is 0.494. The maximum absolute atomic E-state index is 4.84.